The van der Waals surface area contributed by atoms with E-state index in [9.17, 15) is 4.39 Å². The highest BCUT2D eigenvalue weighted by atomic mass is 19.1. The number of allylic oxidation sites excluding steroid dienone is 1. The number of alkyl halides is 1. The summed E-state index contributed by atoms with van der Waals surface area (Å²) in [5.41, 5.74) is -0.679. The van der Waals surface area contributed by atoms with E-state index < -0.39 is 11.6 Å². The van der Waals surface area contributed by atoms with Crippen molar-refractivity contribution in [3.8, 4) is 0 Å². The summed E-state index contributed by atoms with van der Waals surface area (Å²) in [5, 5.41) is 8.61. The van der Waals surface area contributed by atoms with Crippen LogP contribution in [0.3, 0.4) is 0 Å². The topological polar surface area (TPSA) is 20.2 Å². The van der Waals surface area contributed by atoms with E-state index in [1.807, 2.05) is 0 Å². The summed E-state index contributed by atoms with van der Waals surface area (Å²) in [5.74, 6) is 0. The van der Waals surface area contributed by atoms with Crippen molar-refractivity contribution in [1.29, 1.82) is 0 Å². The van der Waals surface area contributed by atoms with Gasteiger partial charge in [-0.1, -0.05) is 19.9 Å². The fourth-order valence-corrected chi connectivity index (χ4v) is 0.406. The molecule has 0 aliphatic rings. The molecular formula is C7H13FO. The largest absolute Gasteiger partial charge is 0.396 e. The van der Waals surface area contributed by atoms with Crippen molar-refractivity contribution in [1.82, 2.24) is 0 Å². The van der Waals surface area contributed by atoms with Crippen molar-refractivity contribution >= 4 is 0 Å². The van der Waals surface area contributed by atoms with Crippen molar-refractivity contribution in [2.75, 3.05) is 6.61 Å². The molecule has 1 nitrogen and oxygen atoms in total. The molecule has 0 radical (unpaired) electrons. The van der Waals surface area contributed by atoms with Gasteiger partial charge in [0.1, 0.15) is 6.17 Å². The van der Waals surface area contributed by atoms with Gasteiger partial charge in [-0.2, -0.15) is 0 Å². The average molecular weight is 132 g/mol. The minimum absolute atomic E-state index is 0.153. The van der Waals surface area contributed by atoms with Crippen LogP contribution >= 0.6 is 0 Å². The Hall–Kier alpha value is -0.370. The molecule has 0 aromatic heterocycles. The summed E-state index contributed by atoms with van der Waals surface area (Å²) in [7, 11) is 0. The van der Waals surface area contributed by atoms with Crippen molar-refractivity contribution in [3.63, 3.8) is 0 Å². The molecule has 0 rings (SSSR count). The molecule has 0 aliphatic carbocycles. The second-order valence-electron chi connectivity index (χ2n) is 2.78. The monoisotopic (exact) mass is 132 g/mol. The summed E-state index contributed by atoms with van der Waals surface area (Å²) in [6.45, 7) is 6.44. The maximum Gasteiger partial charge on any atom is 0.125 e. The van der Waals surface area contributed by atoms with Gasteiger partial charge in [-0.15, -0.1) is 6.58 Å². The van der Waals surface area contributed by atoms with Gasteiger partial charge in [-0.3, -0.25) is 0 Å². The van der Waals surface area contributed by atoms with Gasteiger partial charge >= 0.3 is 0 Å². The molecule has 0 spiro atoms. The molecule has 0 aliphatic heterocycles. The first-order valence-electron chi connectivity index (χ1n) is 2.92. The van der Waals surface area contributed by atoms with Crippen LogP contribution in [0.4, 0.5) is 4.39 Å². The van der Waals surface area contributed by atoms with Crippen LogP contribution < -0.4 is 0 Å². The van der Waals surface area contributed by atoms with Gasteiger partial charge in [0, 0.05) is 5.41 Å². The number of rotatable bonds is 3. The molecule has 54 valence electrons. The highest BCUT2D eigenvalue weighted by Gasteiger charge is 2.25. The molecule has 1 atom stereocenters. The average Bonchev–Trinajstić information content (AvgIpc) is 1.86. The van der Waals surface area contributed by atoms with E-state index >= 15 is 0 Å². The smallest absolute Gasteiger partial charge is 0.125 e. The van der Waals surface area contributed by atoms with Crippen LogP contribution in [0, 0.1) is 5.41 Å². The highest BCUT2D eigenvalue weighted by molar-refractivity contribution is 4.90. The number of aliphatic hydroxyl groups excluding tert-OH is 1. The number of hydrogen-bond donors (Lipinski definition) is 1. The predicted molar refractivity (Wildman–Crippen MR) is 36.0 cm³/mol. The summed E-state index contributed by atoms with van der Waals surface area (Å²) in [6.07, 6.45) is 0.0819. The van der Waals surface area contributed by atoms with Gasteiger partial charge in [0.05, 0.1) is 6.61 Å². The minimum atomic E-state index is -1.12. The summed E-state index contributed by atoms with van der Waals surface area (Å²) in [4.78, 5) is 0. The number of halogens is 1. The Morgan fingerprint density at radius 1 is 1.78 bits per heavy atom. The first-order chi connectivity index (χ1) is 4.04. The molecule has 0 fully saturated rings. The third-order valence-corrected chi connectivity index (χ3v) is 1.36. The SMILES string of the molecule is C=C[C@@H](F)C(C)(C)CO. The van der Waals surface area contributed by atoms with Crippen LogP contribution in [-0.2, 0) is 0 Å². The lowest BCUT2D eigenvalue weighted by molar-refractivity contribution is 0.0924. The molecule has 0 saturated heterocycles. The first kappa shape index (κ1) is 8.63. The molecule has 2 heteroatoms. The van der Waals surface area contributed by atoms with Crippen LogP contribution in [0.1, 0.15) is 13.8 Å². The zero-order valence-electron chi connectivity index (χ0n) is 5.89. The lowest BCUT2D eigenvalue weighted by atomic mass is 9.89. The maximum absolute atomic E-state index is 12.6. The Morgan fingerprint density at radius 2 is 2.22 bits per heavy atom. The molecule has 0 unspecified atom stereocenters. The third-order valence-electron chi connectivity index (χ3n) is 1.36. The molecule has 0 bridgehead atoms. The van der Waals surface area contributed by atoms with E-state index in [2.05, 4.69) is 6.58 Å². The quantitative estimate of drug-likeness (QED) is 0.577. The van der Waals surface area contributed by atoms with E-state index in [0.29, 0.717) is 0 Å². The number of aliphatic hydroxyl groups is 1. The Morgan fingerprint density at radius 3 is 2.33 bits per heavy atom. The summed E-state index contributed by atoms with van der Waals surface area (Å²) in [6, 6.07) is 0. The van der Waals surface area contributed by atoms with Gasteiger partial charge in [-0.05, 0) is 0 Å². The maximum atomic E-state index is 12.6. The van der Waals surface area contributed by atoms with Gasteiger partial charge in [0.15, 0.2) is 0 Å². The zero-order valence-corrected chi connectivity index (χ0v) is 5.89. The second kappa shape index (κ2) is 2.97. The molecule has 0 amide bonds. The predicted octanol–water partition coefficient (Wildman–Crippen LogP) is 1.53. The lowest BCUT2D eigenvalue weighted by Gasteiger charge is -2.23. The molecular weight excluding hydrogens is 119 g/mol. The van der Waals surface area contributed by atoms with Crippen LogP contribution in [0.5, 0.6) is 0 Å². The van der Waals surface area contributed by atoms with Gasteiger partial charge < -0.3 is 5.11 Å². The van der Waals surface area contributed by atoms with Crippen molar-refractivity contribution < 1.29 is 9.50 Å². The Balaban J connectivity index is 3.95. The summed E-state index contributed by atoms with van der Waals surface area (Å²) >= 11 is 0. The van der Waals surface area contributed by atoms with E-state index in [1.165, 1.54) is 6.08 Å². The standard InChI is InChI=1S/C7H13FO/c1-4-6(8)7(2,3)5-9/h4,6,9H,1,5H2,2-3H3/t6-/m1/s1. The van der Waals surface area contributed by atoms with E-state index in [4.69, 9.17) is 5.11 Å². The van der Waals surface area contributed by atoms with Crippen LogP contribution in [0.25, 0.3) is 0 Å². The van der Waals surface area contributed by atoms with Gasteiger partial charge in [0.2, 0.25) is 0 Å². The Kier molecular flexibility index (Phi) is 2.85. The molecule has 0 aromatic carbocycles. The van der Waals surface area contributed by atoms with E-state index in [0.717, 1.165) is 0 Å². The minimum Gasteiger partial charge on any atom is -0.396 e. The molecule has 1 N–H and O–H groups in total. The third kappa shape index (κ3) is 2.14. The first-order valence-corrected chi connectivity index (χ1v) is 2.92. The molecule has 0 heterocycles. The Labute approximate surface area is 55.2 Å². The molecule has 9 heavy (non-hydrogen) atoms. The van der Waals surface area contributed by atoms with Crippen molar-refractivity contribution in [2.24, 2.45) is 5.41 Å². The molecule has 0 saturated carbocycles. The number of hydrogen-bond acceptors (Lipinski definition) is 1. The lowest BCUT2D eigenvalue weighted by Crippen LogP contribution is -2.27. The van der Waals surface area contributed by atoms with Crippen LogP contribution in [0.2, 0.25) is 0 Å². The normalized spacial score (nSPS) is 15.1. The van der Waals surface area contributed by atoms with E-state index in [-0.39, 0.29) is 6.61 Å². The zero-order chi connectivity index (χ0) is 7.49. The Bertz CT molecular complexity index is 99.1. The van der Waals surface area contributed by atoms with Crippen LogP contribution in [-0.4, -0.2) is 17.9 Å². The summed E-state index contributed by atoms with van der Waals surface area (Å²) < 4.78 is 12.6. The van der Waals surface area contributed by atoms with Crippen LogP contribution in [0.15, 0.2) is 12.7 Å². The highest BCUT2D eigenvalue weighted by Crippen LogP contribution is 2.22. The van der Waals surface area contributed by atoms with E-state index in [1.54, 1.807) is 13.8 Å². The van der Waals surface area contributed by atoms with Gasteiger partial charge in [0.25, 0.3) is 0 Å². The van der Waals surface area contributed by atoms with Crippen molar-refractivity contribution in [3.05, 3.63) is 12.7 Å². The molecule has 0 aromatic rings. The van der Waals surface area contributed by atoms with Crippen molar-refractivity contribution in [2.45, 2.75) is 20.0 Å². The fraction of sp³-hybridized carbons (Fsp3) is 0.714. The second-order valence-corrected chi connectivity index (χ2v) is 2.78. The fourth-order valence-electron chi connectivity index (χ4n) is 0.406. The van der Waals surface area contributed by atoms with Gasteiger partial charge in [-0.25, -0.2) is 4.39 Å².